The normalized spacial score (nSPS) is 16.2. The molecule has 5 nitrogen and oxygen atoms in total. The molecule has 1 aliphatic heterocycles. The van der Waals surface area contributed by atoms with E-state index in [1.165, 1.54) is 12.8 Å². The van der Waals surface area contributed by atoms with Crippen molar-refractivity contribution in [3.8, 4) is 0 Å². The second kappa shape index (κ2) is 7.38. The number of amides is 1. The summed E-state index contributed by atoms with van der Waals surface area (Å²) in [7, 11) is 0. The van der Waals surface area contributed by atoms with Gasteiger partial charge in [0, 0.05) is 23.6 Å². The molecule has 1 aliphatic rings. The van der Waals surface area contributed by atoms with E-state index in [1.54, 1.807) is 6.07 Å². The van der Waals surface area contributed by atoms with Gasteiger partial charge in [-0.3, -0.25) is 9.69 Å². The maximum absolute atomic E-state index is 12.4. The Morgan fingerprint density at radius 1 is 1.23 bits per heavy atom. The van der Waals surface area contributed by atoms with Crippen LogP contribution in [0.2, 0.25) is 0 Å². The van der Waals surface area contributed by atoms with Crippen molar-refractivity contribution < 1.29 is 9.21 Å². The molecule has 136 valence electrons. The summed E-state index contributed by atoms with van der Waals surface area (Å²) in [5.74, 6) is 1.88. The fraction of sp³-hybridized carbons (Fsp3) is 0.381. The monoisotopic (exact) mass is 351 g/mol. The molecule has 3 heterocycles. The van der Waals surface area contributed by atoms with Crippen molar-refractivity contribution >= 4 is 16.8 Å². The van der Waals surface area contributed by atoms with Crippen molar-refractivity contribution in [3.63, 3.8) is 0 Å². The first-order valence-electron chi connectivity index (χ1n) is 9.33. The van der Waals surface area contributed by atoms with Crippen LogP contribution in [-0.2, 0) is 13.1 Å². The summed E-state index contributed by atoms with van der Waals surface area (Å²) in [6.07, 6.45) is 4.38. The molecule has 0 atom stereocenters. The molecule has 4 rings (SSSR count). The fourth-order valence-corrected chi connectivity index (χ4v) is 3.59. The quantitative estimate of drug-likeness (QED) is 0.732. The maximum Gasteiger partial charge on any atom is 0.287 e. The molecule has 5 heteroatoms. The Hall–Kier alpha value is -2.53. The highest BCUT2D eigenvalue weighted by Crippen LogP contribution is 2.20. The van der Waals surface area contributed by atoms with E-state index in [9.17, 15) is 4.79 Å². The number of hydrogen-bond acceptors (Lipinski definition) is 3. The van der Waals surface area contributed by atoms with Gasteiger partial charge in [-0.2, -0.15) is 0 Å². The van der Waals surface area contributed by atoms with Gasteiger partial charge in [0.2, 0.25) is 0 Å². The molecule has 0 radical (unpaired) electrons. The topological polar surface area (TPSA) is 61.3 Å². The summed E-state index contributed by atoms with van der Waals surface area (Å²) in [5.41, 5.74) is 2.17. The van der Waals surface area contributed by atoms with Crippen molar-refractivity contribution in [2.45, 2.75) is 32.9 Å². The van der Waals surface area contributed by atoms with Crippen LogP contribution < -0.4 is 5.32 Å². The molecular formula is C21H25N3O2. The van der Waals surface area contributed by atoms with Crippen LogP contribution in [-0.4, -0.2) is 28.9 Å². The molecular weight excluding hydrogens is 326 g/mol. The Labute approximate surface area is 153 Å². The zero-order chi connectivity index (χ0) is 17.9. The number of rotatable bonds is 5. The van der Waals surface area contributed by atoms with Gasteiger partial charge in [-0.15, -0.1) is 0 Å². The average molecular weight is 351 g/mol. The number of fused-ring (bicyclic) bond motifs is 1. The highest BCUT2D eigenvalue weighted by Gasteiger charge is 2.18. The lowest BCUT2D eigenvalue weighted by Crippen LogP contribution is -2.32. The number of likely N-dealkylation sites (tertiary alicyclic amines) is 1. The summed E-state index contributed by atoms with van der Waals surface area (Å²) >= 11 is 0. The first-order valence-corrected chi connectivity index (χ1v) is 9.33. The number of furan rings is 1. The molecule has 1 aromatic carbocycles. The standard InChI is InChI=1S/C21H25N3O2/c1-15-8-11-24(12-9-15)14-17-5-6-20(26-17)21(25)23-13-16-3-2-4-19-18(16)7-10-22-19/h2-7,10,15,22H,8-9,11-14H2,1H3,(H,23,25). The van der Waals surface area contributed by atoms with Crippen LogP contribution >= 0.6 is 0 Å². The van der Waals surface area contributed by atoms with Gasteiger partial charge in [0.25, 0.3) is 5.91 Å². The largest absolute Gasteiger partial charge is 0.455 e. The van der Waals surface area contributed by atoms with Gasteiger partial charge in [-0.1, -0.05) is 19.1 Å². The highest BCUT2D eigenvalue weighted by molar-refractivity contribution is 5.92. The number of carbonyl (C=O) groups excluding carboxylic acids is 1. The maximum atomic E-state index is 12.4. The number of aromatic nitrogens is 1. The molecule has 0 saturated carbocycles. The predicted molar refractivity (Wildman–Crippen MR) is 102 cm³/mol. The highest BCUT2D eigenvalue weighted by atomic mass is 16.4. The third-order valence-electron chi connectivity index (χ3n) is 5.27. The van der Waals surface area contributed by atoms with Crippen LogP contribution in [0.3, 0.4) is 0 Å². The lowest BCUT2D eigenvalue weighted by atomic mass is 9.99. The lowest BCUT2D eigenvalue weighted by molar-refractivity contribution is 0.0918. The number of benzene rings is 1. The minimum atomic E-state index is -0.170. The van der Waals surface area contributed by atoms with Gasteiger partial charge < -0.3 is 14.7 Å². The van der Waals surface area contributed by atoms with Crippen molar-refractivity contribution in [2.75, 3.05) is 13.1 Å². The first-order chi connectivity index (χ1) is 12.7. The number of nitrogens with zero attached hydrogens (tertiary/aromatic N) is 1. The molecule has 2 aromatic heterocycles. The molecule has 26 heavy (non-hydrogen) atoms. The van der Waals surface area contributed by atoms with Gasteiger partial charge in [0.15, 0.2) is 5.76 Å². The summed E-state index contributed by atoms with van der Waals surface area (Å²) in [5, 5.41) is 4.09. The molecule has 0 bridgehead atoms. The molecule has 0 unspecified atom stereocenters. The summed E-state index contributed by atoms with van der Waals surface area (Å²) < 4.78 is 5.78. The lowest BCUT2D eigenvalue weighted by Gasteiger charge is -2.29. The van der Waals surface area contributed by atoms with Crippen molar-refractivity contribution in [2.24, 2.45) is 5.92 Å². The van der Waals surface area contributed by atoms with Gasteiger partial charge in [0.05, 0.1) is 6.54 Å². The number of carbonyl (C=O) groups is 1. The van der Waals surface area contributed by atoms with Crippen molar-refractivity contribution in [1.29, 1.82) is 0 Å². The fourth-order valence-electron chi connectivity index (χ4n) is 3.59. The van der Waals surface area contributed by atoms with Crippen molar-refractivity contribution in [1.82, 2.24) is 15.2 Å². The van der Waals surface area contributed by atoms with Crippen LogP contribution in [0.25, 0.3) is 10.9 Å². The molecule has 0 spiro atoms. The number of hydrogen-bond donors (Lipinski definition) is 2. The van der Waals surface area contributed by atoms with E-state index >= 15 is 0 Å². The average Bonchev–Trinajstić information content (AvgIpc) is 3.31. The third kappa shape index (κ3) is 3.68. The van der Waals surface area contributed by atoms with Gasteiger partial charge in [0.1, 0.15) is 5.76 Å². The van der Waals surface area contributed by atoms with Crippen LogP contribution in [0.4, 0.5) is 0 Å². The summed E-state index contributed by atoms with van der Waals surface area (Å²) in [6.45, 7) is 5.77. The molecule has 3 aromatic rings. The Balaban J connectivity index is 1.35. The molecule has 0 aliphatic carbocycles. The van der Waals surface area contributed by atoms with Crippen LogP contribution in [0.1, 0.15) is 41.6 Å². The van der Waals surface area contributed by atoms with E-state index in [4.69, 9.17) is 4.42 Å². The van der Waals surface area contributed by atoms with Crippen LogP contribution in [0.5, 0.6) is 0 Å². The molecule has 2 N–H and O–H groups in total. The van der Waals surface area contributed by atoms with Gasteiger partial charge >= 0.3 is 0 Å². The number of nitrogens with one attached hydrogen (secondary N) is 2. The van der Waals surface area contributed by atoms with E-state index in [1.807, 2.05) is 36.5 Å². The smallest absolute Gasteiger partial charge is 0.287 e. The van der Waals surface area contributed by atoms with Crippen LogP contribution in [0.15, 0.2) is 47.0 Å². The van der Waals surface area contributed by atoms with Crippen LogP contribution in [0, 0.1) is 5.92 Å². The van der Waals surface area contributed by atoms with E-state index in [-0.39, 0.29) is 5.91 Å². The second-order valence-corrected chi connectivity index (χ2v) is 7.26. The SMILES string of the molecule is CC1CCN(Cc2ccc(C(=O)NCc3cccc4[nH]ccc34)o2)CC1. The van der Waals surface area contributed by atoms with E-state index in [0.717, 1.165) is 47.8 Å². The Morgan fingerprint density at radius 3 is 2.92 bits per heavy atom. The zero-order valence-corrected chi connectivity index (χ0v) is 15.1. The minimum absolute atomic E-state index is 0.170. The molecule has 1 saturated heterocycles. The van der Waals surface area contributed by atoms with E-state index < -0.39 is 0 Å². The number of piperidine rings is 1. The minimum Gasteiger partial charge on any atom is -0.455 e. The zero-order valence-electron chi connectivity index (χ0n) is 15.1. The van der Waals surface area contributed by atoms with E-state index in [2.05, 4.69) is 22.1 Å². The molecule has 1 fully saturated rings. The number of H-pyrrole nitrogens is 1. The summed E-state index contributed by atoms with van der Waals surface area (Å²) in [6, 6.07) is 11.8. The molecule has 1 amide bonds. The second-order valence-electron chi connectivity index (χ2n) is 7.26. The van der Waals surface area contributed by atoms with E-state index in [0.29, 0.717) is 12.3 Å². The van der Waals surface area contributed by atoms with Gasteiger partial charge in [-0.05, 0) is 61.7 Å². The Bertz CT molecular complexity index is 887. The third-order valence-corrected chi connectivity index (χ3v) is 5.27. The van der Waals surface area contributed by atoms with Gasteiger partial charge in [-0.25, -0.2) is 0 Å². The number of aromatic amines is 1. The Morgan fingerprint density at radius 2 is 2.08 bits per heavy atom. The first kappa shape index (κ1) is 16.9. The Kier molecular flexibility index (Phi) is 4.80. The van der Waals surface area contributed by atoms with Crippen molar-refractivity contribution in [3.05, 3.63) is 59.7 Å². The summed E-state index contributed by atoms with van der Waals surface area (Å²) in [4.78, 5) is 18.0. The predicted octanol–water partition coefficient (Wildman–Crippen LogP) is 3.92.